The number of hydrogen-bond acceptors (Lipinski definition) is 6. The molecule has 0 saturated carbocycles. The molecule has 168 valence electrons. The minimum Gasteiger partial charge on any atom is -0.373 e. The lowest BCUT2D eigenvalue weighted by Gasteiger charge is -2.35. The second-order valence-corrected chi connectivity index (χ2v) is 9.37. The molecule has 2 N–H and O–H groups in total. The number of anilines is 1. The first-order valence-corrected chi connectivity index (χ1v) is 11.6. The van der Waals surface area contributed by atoms with Gasteiger partial charge in [0, 0.05) is 37.5 Å². The van der Waals surface area contributed by atoms with E-state index in [9.17, 15) is 9.59 Å². The molecule has 0 spiro atoms. The quantitative estimate of drug-likeness (QED) is 0.653. The Kier molecular flexibility index (Phi) is 8.17. The fourth-order valence-corrected chi connectivity index (χ4v) is 4.27. The van der Waals surface area contributed by atoms with Crippen LogP contribution in [0.25, 0.3) is 0 Å². The van der Waals surface area contributed by atoms with E-state index in [4.69, 9.17) is 4.74 Å². The molecule has 2 aromatic rings. The Bertz CT molecular complexity index is 871. The molecular formula is C23H32N4O3S. The van der Waals surface area contributed by atoms with Crippen molar-refractivity contribution in [3.8, 4) is 0 Å². The van der Waals surface area contributed by atoms with E-state index in [1.54, 1.807) is 5.38 Å². The van der Waals surface area contributed by atoms with E-state index < -0.39 is 0 Å². The molecule has 1 aromatic heterocycles. The first kappa shape index (κ1) is 23.4. The van der Waals surface area contributed by atoms with Crippen LogP contribution >= 0.6 is 11.3 Å². The molecule has 0 radical (unpaired) electrons. The molecule has 2 heterocycles. The zero-order valence-electron chi connectivity index (χ0n) is 18.7. The number of ether oxygens (including phenoxy) is 1. The van der Waals surface area contributed by atoms with E-state index in [0.717, 1.165) is 25.2 Å². The third-order valence-corrected chi connectivity index (χ3v) is 5.87. The molecular weight excluding hydrogens is 412 g/mol. The van der Waals surface area contributed by atoms with Crippen LogP contribution in [0.2, 0.25) is 0 Å². The van der Waals surface area contributed by atoms with Crippen molar-refractivity contribution < 1.29 is 14.3 Å². The number of nitrogens with one attached hydrogen (secondary N) is 2. The topological polar surface area (TPSA) is 83.6 Å². The van der Waals surface area contributed by atoms with Crippen molar-refractivity contribution in [2.24, 2.45) is 5.92 Å². The number of morpholine rings is 1. The van der Waals surface area contributed by atoms with Crippen LogP contribution in [0.5, 0.6) is 0 Å². The van der Waals surface area contributed by atoms with Crippen LogP contribution in [0.1, 0.15) is 44.5 Å². The summed E-state index contributed by atoms with van der Waals surface area (Å²) in [5, 5.41) is 8.03. The van der Waals surface area contributed by atoms with Crippen molar-refractivity contribution in [3.63, 3.8) is 0 Å². The van der Waals surface area contributed by atoms with E-state index in [1.807, 2.05) is 13.8 Å². The Hall–Kier alpha value is -2.29. The SMILES string of the molecule is CC1CN(Cc2ccc(CNC(=O)Cc3csc(NC(=O)C(C)C)n3)cc2)CC(C)O1. The van der Waals surface area contributed by atoms with Crippen molar-refractivity contribution in [2.75, 3.05) is 18.4 Å². The summed E-state index contributed by atoms with van der Waals surface area (Å²) in [4.78, 5) is 30.7. The number of aromatic nitrogens is 1. The maximum Gasteiger partial charge on any atom is 0.228 e. The Labute approximate surface area is 188 Å². The molecule has 2 unspecified atom stereocenters. The van der Waals surface area contributed by atoms with Gasteiger partial charge in [0.2, 0.25) is 11.8 Å². The maximum atomic E-state index is 12.3. The highest BCUT2D eigenvalue weighted by Crippen LogP contribution is 2.17. The number of rotatable bonds is 8. The first-order valence-electron chi connectivity index (χ1n) is 10.8. The average molecular weight is 445 g/mol. The third-order valence-electron chi connectivity index (χ3n) is 5.06. The number of benzene rings is 1. The molecule has 1 aliphatic heterocycles. The largest absolute Gasteiger partial charge is 0.373 e. The van der Waals surface area contributed by atoms with Crippen LogP contribution < -0.4 is 10.6 Å². The summed E-state index contributed by atoms with van der Waals surface area (Å²) in [6.45, 7) is 11.2. The number of amides is 2. The normalized spacial score (nSPS) is 19.4. The third kappa shape index (κ3) is 7.41. The Balaban J connectivity index is 1.43. The fourth-order valence-electron chi connectivity index (χ4n) is 3.56. The standard InChI is InChI=1S/C23H32N4O3S/c1-15(2)22(29)26-23-25-20(14-31-23)9-21(28)24-10-18-5-7-19(8-6-18)13-27-11-16(3)30-17(4)12-27/h5-8,14-17H,9-13H2,1-4H3,(H,24,28)(H,25,26,29). The predicted molar refractivity (Wildman–Crippen MR) is 123 cm³/mol. The zero-order chi connectivity index (χ0) is 22.4. The smallest absolute Gasteiger partial charge is 0.228 e. The molecule has 8 heteroatoms. The highest BCUT2D eigenvalue weighted by atomic mass is 32.1. The molecule has 0 aliphatic carbocycles. The zero-order valence-corrected chi connectivity index (χ0v) is 19.5. The highest BCUT2D eigenvalue weighted by Gasteiger charge is 2.22. The van der Waals surface area contributed by atoms with Gasteiger partial charge in [-0.3, -0.25) is 14.5 Å². The second-order valence-electron chi connectivity index (χ2n) is 8.51. The molecule has 1 aromatic carbocycles. The van der Waals surface area contributed by atoms with Crippen LogP contribution in [0.3, 0.4) is 0 Å². The number of carbonyl (C=O) groups excluding carboxylic acids is 2. The van der Waals surface area contributed by atoms with E-state index in [2.05, 4.69) is 58.6 Å². The minimum absolute atomic E-state index is 0.0774. The molecule has 2 amide bonds. The average Bonchev–Trinajstić information content (AvgIpc) is 3.13. The van der Waals surface area contributed by atoms with Crippen LogP contribution in [0, 0.1) is 5.92 Å². The van der Waals surface area contributed by atoms with Gasteiger partial charge in [0.15, 0.2) is 5.13 Å². The van der Waals surface area contributed by atoms with E-state index in [0.29, 0.717) is 17.4 Å². The summed E-state index contributed by atoms with van der Waals surface area (Å²) in [6, 6.07) is 8.36. The van der Waals surface area contributed by atoms with Gasteiger partial charge in [-0.15, -0.1) is 11.3 Å². The van der Waals surface area contributed by atoms with E-state index in [1.165, 1.54) is 16.9 Å². The summed E-state index contributed by atoms with van der Waals surface area (Å²) in [5.74, 6) is -0.276. The number of hydrogen-bond donors (Lipinski definition) is 2. The summed E-state index contributed by atoms with van der Waals surface area (Å²) >= 11 is 1.33. The van der Waals surface area contributed by atoms with E-state index >= 15 is 0 Å². The van der Waals surface area contributed by atoms with Gasteiger partial charge in [-0.2, -0.15) is 0 Å². The Morgan fingerprint density at radius 1 is 1.16 bits per heavy atom. The molecule has 1 aliphatic rings. The lowest BCUT2D eigenvalue weighted by atomic mass is 10.1. The number of carbonyl (C=O) groups is 2. The van der Waals surface area contributed by atoms with Crippen molar-refractivity contribution in [1.29, 1.82) is 0 Å². The van der Waals surface area contributed by atoms with Gasteiger partial charge in [0.25, 0.3) is 0 Å². The number of nitrogens with zero attached hydrogens (tertiary/aromatic N) is 2. The van der Waals surface area contributed by atoms with Gasteiger partial charge in [0.1, 0.15) is 0 Å². The van der Waals surface area contributed by atoms with Crippen molar-refractivity contribution in [2.45, 2.75) is 59.4 Å². The van der Waals surface area contributed by atoms with Crippen molar-refractivity contribution >= 4 is 28.3 Å². The fraction of sp³-hybridized carbons (Fsp3) is 0.522. The summed E-state index contributed by atoms with van der Waals surface area (Å²) in [6.07, 6.45) is 0.719. The van der Waals surface area contributed by atoms with Gasteiger partial charge in [-0.1, -0.05) is 38.1 Å². The van der Waals surface area contributed by atoms with Crippen molar-refractivity contribution in [3.05, 3.63) is 46.5 Å². The van der Waals surface area contributed by atoms with Gasteiger partial charge in [-0.25, -0.2) is 4.98 Å². The highest BCUT2D eigenvalue weighted by molar-refractivity contribution is 7.13. The molecule has 1 fully saturated rings. The van der Waals surface area contributed by atoms with Crippen LogP contribution in [-0.2, 0) is 33.8 Å². The molecule has 31 heavy (non-hydrogen) atoms. The van der Waals surface area contributed by atoms with E-state index in [-0.39, 0.29) is 36.4 Å². The van der Waals surface area contributed by atoms with Crippen molar-refractivity contribution in [1.82, 2.24) is 15.2 Å². The Morgan fingerprint density at radius 3 is 2.45 bits per heavy atom. The first-order chi connectivity index (χ1) is 14.8. The molecule has 7 nitrogen and oxygen atoms in total. The molecule has 2 atom stereocenters. The molecule has 0 bridgehead atoms. The Morgan fingerprint density at radius 2 is 1.81 bits per heavy atom. The van der Waals surface area contributed by atoms with Gasteiger partial charge < -0.3 is 15.4 Å². The second kappa shape index (κ2) is 10.8. The van der Waals surface area contributed by atoms with Crippen LogP contribution in [-0.4, -0.2) is 47.0 Å². The van der Waals surface area contributed by atoms with Crippen LogP contribution in [0.4, 0.5) is 5.13 Å². The number of thiazole rings is 1. The summed E-state index contributed by atoms with van der Waals surface area (Å²) < 4.78 is 5.79. The van der Waals surface area contributed by atoms with Crippen LogP contribution in [0.15, 0.2) is 29.6 Å². The summed E-state index contributed by atoms with van der Waals surface area (Å²) in [7, 11) is 0. The monoisotopic (exact) mass is 444 g/mol. The van der Waals surface area contributed by atoms with Gasteiger partial charge in [-0.05, 0) is 25.0 Å². The maximum absolute atomic E-state index is 12.3. The molecule has 3 rings (SSSR count). The lowest BCUT2D eigenvalue weighted by molar-refractivity contribution is -0.120. The minimum atomic E-state index is -0.108. The summed E-state index contributed by atoms with van der Waals surface area (Å²) in [5.41, 5.74) is 2.98. The molecule has 1 saturated heterocycles. The van der Waals surface area contributed by atoms with Gasteiger partial charge >= 0.3 is 0 Å². The lowest BCUT2D eigenvalue weighted by Crippen LogP contribution is -2.44. The van der Waals surface area contributed by atoms with Gasteiger partial charge in [0.05, 0.1) is 24.3 Å². The predicted octanol–water partition coefficient (Wildman–Crippen LogP) is 3.21.